The van der Waals surface area contributed by atoms with Crippen molar-refractivity contribution in [2.75, 3.05) is 24.5 Å². The van der Waals surface area contributed by atoms with Gasteiger partial charge in [-0.05, 0) is 31.0 Å². The SMILES string of the molecule is CCCN(CCC)C(=O)C1CC(=O)N(c2cc(C(F)(F)F)ccc2Cl)C1. The van der Waals surface area contributed by atoms with Gasteiger partial charge >= 0.3 is 6.18 Å². The molecule has 0 aliphatic carbocycles. The summed E-state index contributed by atoms with van der Waals surface area (Å²) in [7, 11) is 0. The molecule has 0 spiro atoms. The maximum atomic E-state index is 13.0. The van der Waals surface area contributed by atoms with Crippen molar-refractivity contribution < 1.29 is 22.8 Å². The van der Waals surface area contributed by atoms with Crippen molar-refractivity contribution in [2.24, 2.45) is 5.92 Å². The van der Waals surface area contributed by atoms with Crippen LogP contribution in [-0.2, 0) is 15.8 Å². The number of alkyl halides is 3. The van der Waals surface area contributed by atoms with Gasteiger partial charge in [0.25, 0.3) is 0 Å². The molecule has 4 nitrogen and oxygen atoms in total. The molecule has 0 saturated carbocycles. The number of halogens is 4. The summed E-state index contributed by atoms with van der Waals surface area (Å²) in [5, 5.41) is 0.0541. The van der Waals surface area contributed by atoms with Gasteiger partial charge in [0.05, 0.1) is 22.2 Å². The van der Waals surface area contributed by atoms with E-state index >= 15 is 0 Å². The van der Waals surface area contributed by atoms with Crippen LogP contribution in [0.4, 0.5) is 18.9 Å². The van der Waals surface area contributed by atoms with Crippen LogP contribution in [0.1, 0.15) is 38.7 Å². The zero-order chi connectivity index (χ0) is 19.5. The summed E-state index contributed by atoms with van der Waals surface area (Å²) < 4.78 is 38.9. The van der Waals surface area contributed by atoms with Crippen molar-refractivity contribution in [1.29, 1.82) is 0 Å². The first-order valence-electron chi connectivity index (χ1n) is 8.64. The number of anilines is 1. The summed E-state index contributed by atoms with van der Waals surface area (Å²) in [5.41, 5.74) is -0.877. The predicted octanol–water partition coefficient (Wildman–Crippen LogP) is 4.36. The number of amides is 2. The van der Waals surface area contributed by atoms with Crippen LogP contribution in [0.2, 0.25) is 5.02 Å². The van der Waals surface area contributed by atoms with Gasteiger partial charge in [-0.2, -0.15) is 13.2 Å². The van der Waals surface area contributed by atoms with E-state index in [2.05, 4.69) is 0 Å². The van der Waals surface area contributed by atoms with Crippen LogP contribution in [0.25, 0.3) is 0 Å². The van der Waals surface area contributed by atoms with Crippen molar-refractivity contribution in [3.8, 4) is 0 Å². The van der Waals surface area contributed by atoms with Crippen LogP contribution in [0.15, 0.2) is 18.2 Å². The summed E-state index contributed by atoms with van der Waals surface area (Å²) in [6, 6.07) is 2.87. The van der Waals surface area contributed by atoms with Crippen molar-refractivity contribution in [3.63, 3.8) is 0 Å². The van der Waals surface area contributed by atoms with Gasteiger partial charge in [0.15, 0.2) is 0 Å². The van der Waals surface area contributed by atoms with E-state index in [4.69, 9.17) is 11.6 Å². The molecule has 1 heterocycles. The first-order valence-corrected chi connectivity index (χ1v) is 9.02. The minimum absolute atomic E-state index is 0.000625. The summed E-state index contributed by atoms with van der Waals surface area (Å²) >= 11 is 6.02. The number of benzene rings is 1. The Morgan fingerprint density at radius 2 is 1.88 bits per heavy atom. The second-order valence-electron chi connectivity index (χ2n) is 6.39. The lowest BCUT2D eigenvalue weighted by Gasteiger charge is -2.25. The molecule has 144 valence electrons. The third-order valence-electron chi connectivity index (χ3n) is 4.34. The fourth-order valence-corrected chi connectivity index (χ4v) is 3.35. The molecule has 1 atom stereocenters. The number of rotatable bonds is 6. The lowest BCUT2D eigenvalue weighted by molar-refractivity contribution is -0.137. The van der Waals surface area contributed by atoms with E-state index in [0.29, 0.717) is 13.1 Å². The Balaban J connectivity index is 2.23. The molecule has 8 heteroatoms. The minimum atomic E-state index is -4.53. The fourth-order valence-electron chi connectivity index (χ4n) is 3.13. The molecule has 1 aromatic rings. The molecule has 0 bridgehead atoms. The Kier molecular flexibility index (Phi) is 6.55. The second kappa shape index (κ2) is 8.29. The third-order valence-corrected chi connectivity index (χ3v) is 4.66. The highest BCUT2D eigenvalue weighted by Crippen LogP contribution is 2.37. The average Bonchev–Trinajstić information content (AvgIpc) is 2.95. The number of hydrogen-bond acceptors (Lipinski definition) is 2. The van der Waals surface area contributed by atoms with Crippen LogP contribution >= 0.6 is 11.6 Å². The molecule has 1 fully saturated rings. The summed E-state index contributed by atoms with van der Waals surface area (Å²) in [6.45, 7) is 5.17. The normalized spacial score (nSPS) is 17.7. The van der Waals surface area contributed by atoms with Crippen LogP contribution in [0, 0.1) is 5.92 Å². The molecule has 1 aliphatic heterocycles. The molecule has 0 N–H and O–H groups in total. The van der Waals surface area contributed by atoms with E-state index in [-0.39, 0.29) is 29.6 Å². The average molecular weight is 391 g/mol. The van der Waals surface area contributed by atoms with Crippen LogP contribution in [0.5, 0.6) is 0 Å². The first-order chi connectivity index (χ1) is 12.2. The Labute approximate surface area is 155 Å². The van der Waals surface area contributed by atoms with Gasteiger partial charge in [0.1, 0.15) is 0 Å². The molecule has 1 unspecified atom stereocenters. The van der Waals surface area contributed by atoms with Gasteiger partial charge in [0, 0.05) is 26.1 Å². The number of hydrogen-bond donors (Lipinski definition) is 0. The highest BCUT2D eigenvalue weighted by molar-refractivity contribution is 6.34. The maximum absolute atomic E-state index is 13.0. The minimum Gasteiger partial charge on any atom is -0.342 e. The molecule has 0 aromatic heterocycles. The first kappa shape index (κ1) is 20.6. The third kappa shape index (κ3) is 4.50. The predicted molar refractivity (Wildman–Crippen MR) is 94.1 cm³/mol. The van der Waals surface area contributed by atoms with Crippen molar-refractivity contribution in [2.45, 2.75) is 39.3 Å². The summed E-state index contributed by atoms with van der Waals surface area (Å²) in [4.78, 5) is 28.0. The van der Waals surface area contributed by atoms with Gasteiger partial charge in [0.2, 0.25) is 11.8 Å². The zero-order valence-electron chi connectivity index (χ0n) is 14.8. The highest BCUT2D eigenvalue weighted by Gasteiger charge is 2.39. The lowest BCUT2D eigenvalue weighted by Crippen LogP contribution is -2.38. The largest absolute Gasteiger partial charge is 0.416 e. The van der Waals surface area contributed by atoms with Crippen LogP contribution in [0.3, 0.4) is 0 Å². The molecule has 1 aliphatic rings. The molecule has 1 saturated heterocycles. The van der Waals surface area contributed by atoms with Crippen molar-refractivity contribution in [1.82, 2.24) is 4.90 Å². The molecule has 26 heavy (non-hydrogen) atoms. The molecule has 1 aromatic carbocycles. The number of carbonyl (C=O) groups is 2. The second-order valence-corrected chi connectivity index (χ2v) is 6.80. The van der Waals surface area contributed by atoms with Crippen LogP contribution in [-0.4, -0.2) is 36.3 Å². The topological polar surface area (TPSA) is 40.6 Å². The van der Waals surface area contributed by atoms with Gasteiger partial charge in [-0.25, -0.2) is 0 Å². The van der Waals surface area contributed by atoms with Crippen molar-refractivity contribution >= 4 is 29.1 Å². The highest BCUT2D eigenvalue weighted by atomic mass is 35.5. The Bertz CT molecular complexity index is 673. The molecular formula is C18H22ClF3N2O2. The van der Waals surface area contributed by atoms with E-state index in [1.165, 1.54) is 4.90 Å². The van der Waals surface area contributed by atoms with Gasteiger partial charge in [-0.3, -0.25) is 9.59 Å². The van der Waals surface area contributed by atoms with Gasteiger partial charge < -0.3 is 9.80 Å². The molecule has 2 amide bonds. The van der Waals surface area contributed by atoms with E-state index in [1.54, 1.807) is 4.90 Å². The smallest absolute Gasteiger partial charge is 0.342 e. The van der Waals surface area contributed by atoms with Gasteiger partial charge in [-0.1, -0.05) is 25.4 Å². The summed E-state index contributed by atoms with van der Waals surface area (Å²) in [5.74, 6) is -1.09. The number of carbonyl (C=O) groups excluding carboxylic acids is 2. The van der Waals surface area contributed by atoms with E-state index in [9.17, 15) is 22.8 Å². The molecule has 2 rings (SSSR count). The fraction of sp³-hybridized carbons (Fsp3) is 0.556. The van der Waals surface area contributed by atoms with E-state index in [0.717, 1.165) is 31.0 Å². The molecular weight excluding hydrogens is 369 g/mol. The molecule has 0 radical (unpaired) electrons. The van der Waals surface area contributed by atoms with Gasteiger partial charge in [-0.15, -0.1) is 0 Å². The Morgan fingerprint density at radius 1 is 1.27 bits per heavy atom. The lowest BCUT2D eigenvalue weighted by atomic mass is 10.1. The van der Waals surface area contributed by atoms with E-state index < -0.39 is 23.6 Å². The maximum Gasteiger partial charge on any atom is 0.416 e. The van der Waals surface area contributed by atoms with Crippen molar-refractivity contribution in [3.05, 3.63) is 28.8 Å². The number of nitrogens with zero attached hydrogens (tertiary/aromatic N) is 2. The summed E-state index contributed by atoms with van der Waals surface area (Å²) in [6.07, 6.45) is -2.95. The quantitative estimate of drug-likeness (QED) is 0.724. The monoisotopic (exact) mass is 390 g/mol. The zero-order valence-corrected chi connectivity index (χ0v) is 15.5. The van der Waals surface area contributed by atoms with Crippen LogP contribution < -0.4 is 4.90 Å². The standard InChI is InChI=1S/C18H22ClF3N2O2/c1-3-7-23(8-4-2)17(26)12-9-16(25)24(11-12)15-10-13(18(20,21)22)5-6-14(15)19/h5-6,10,12H,3-4,7-9,11H2,1-2H3. The van der Waals surface area contributed by atoms with E-state index in [1.807, 2.05) is 13.8 Å². The Morgan fingerprint density at radius 3 is 2.42 bits per heavy atom. The Hall–Kier alpha value is -1.76.